The van der Waals surface area contributed by atoms with Gasteiger partial charge in [0.2, 0.25) is 0 Å². The van der Waals surface area contributed by atoms with E-state index in [1.807, 2.05) is 12.3 Å². The van der Waals surface area contributed by atoms with Crippen LogP contribution in [0.2, 0.25) is 18.1 Å². The largest absolute Gasteiger partial charge is 0.474 e. The van der Waals surface area contributed by atoms with Crippen molar-refractivity contribution in [3.63, 3.8) is 0 Å². The third-order valence-corrected chi connectivity index (χ3v) is 11.5. The molecule has 0 fully saturated rings. The first-order chi connectivity index (χ1) is 13.1. The van der Waals surface area contributed by atoms with Gasteiger partial charge in [-0.3, -0.25) is 4.79 Å². The van der Waals surface area contributed by atoms with E-state index in [0.29, 0.717) is 6.42 Å². The maximum Gasteiger partial charge on any atom is 0.155 e. The normalized spacial score (nSPS) is 12.1. The second kappa shape index (κ2) is 14.0. The van der Waals surface area contributed by atoms with Crippen LogP contribution < -0.4 is 5.38 Å². The van der Waals surface area contributed by atoms with Crippen LogP contribution in [0.25, 0.3) is 6.08 Å². The second-order valence-electron chi connectivity index (χ2n) is 7.96. The fourth-order valence-corrected chi connectivity index (χ4v) is 7.20. The monoisotopic (exact) mass is 390 g/mol. The van der Waals surface area contributed by atoms with E-state index in [1.165, 1.54) is 74.9 Å². The summed E-state index contributed by atoms with van der Waals surface area (Å²) in [5, 5.41) is 1.20. The standard InChI is InChI=1S/C24H42O2Si/c1-5-9-10-11-12-13-14-15-16-17-23(25)19-18-22-20-24(26-21-22)27(6-2,7-3)8-4/h18-21H,5-17H2,1-4H3/b19-18+. The average Bonchev–Trinajstić information content (AvgIpc) is 3.16. The van der Waals surface area contributed by atoms with E-state index >= 15 is 0 Å². The van der Waals surface area contributed by atoms with Gasteiger partial charge in [0.15, 0.2) is 5.78 Å². The molecule has 0 radical (unpaired) electrons. The zero-order chi connectivity index (χ0) is 20.0. The molecule has 0 aromatic carbocycles. The molecule has 0 atom stereocenters. The van der Waals surface area contributed by atoms with Crippen molar-refractivity contribution in [2.75, 3.05) is 0 Å². The molecular weight excluding hydrogens is 348 g/mol. The molecule has 27 heavy (non-hydrogen) atoms. The first kappa shape index (κ1) is 23.9. The fraction of sp³-hybridized carbons (Fsp3) is 0.708. The van der Waals surface area contributed by atoms with E-state index in [-0.39, 0.29) is 5.78 Å². The minimum absolute atomic E-state index is 0.241. The van der Waals surface area contributed by atoms with Gasteiger partial charge in [-0.2, -0.15) is 0 Å². The van der Waals surface area contributed by atoms with E-state index in [4.69, 9.17) is 4.42 Å². The number of unbranched alkanes of at least 4 members (excludes halogenated alkanes) is 8. The molecule has 0 aliphatic carbocycles. The Morgan fingerprint density at radius 2 is 1.44 bits per heavy atom. The molecular formula is C24H42O2Si. The highest BCUT2D eigenvalue weighted by molar-refractivity contribution is 6.90. The summed E-state index contributed by atoms with van der Waals surface area (Å²) in [4.78, 5) is 12.1. The van der Waals surface area contributed by atoms with Gasteiger partial charge in [0.1, 0.15) is 8.07 Å². The van der Waals surface area contributed by atoms with Crippen LogP contribution >= 0.6 is 0 Å². The highest BCUT2D eigenvalue weighted by atomic mass is 28.3. The molecule has 1 aromatic rings. The van der Waals surface area contributed by atoms with Crippen molar-refractivity contribution in [3.05, 3.63) is 24.0 Å². The summed E-state index contributed by atoms with van der Waals surface area (Å²) in [6.07, 6.45) is 17.8. The van der Waals surface area contributed by atoms with E-state index in [9.17, 15) is 4.79 Å². The maximum atomic E-state index is 12.1. The number of hydrogen-bond acceptors (Lipinski definition) is 2. The molecule has 3 heteroatoms. The van der Waals surface area contributed by atoms with Gasteiger partial charge in [0.05, 0.1) is 11.6 Å². The van der Waals surface area contributed by atoms with Crippen molar-refractivity contribution in [1.29, 1.82) is 0 Å². The number of carbonyl (C=O) groups is 1. The van der Waals surface area contributed by atoms with Crippen molar-refractivity contribution < 1.29 is 9.21 Å². The Labute approximate surface area is 168 Å². The Morgan fingerprint density at radius 3 is 2.00 bits per heavy atom. The number of hydrogen-bond donors (Lipinski definition) is 0. The SMILES string of the molecule is CCCCCCCCCCCC(=O)/C=C/c1coc([Si](CC)(CC)CC)c1. The maximum absolute atomic E-state index is 12.1. The Morgan fingerprint density at radius 1 is 0.889 bits per heavy atom. The number of carbonyl (C=O) groups excluding carboxylic acids is 1. The lowest BCUT2D eigenvalue weighted by molar-refractivity contribution is -0.114. The summed E-state index contributed by atoms with van der Waals surface area (Å²) < 4.78 is 5.89. The highest BCUT2D eigenvalue weighted by Gasteiger charge is 2.32. The Bertz CT molecular complexity index is 532. The third kappa shape index (κ3) is 8.63. The van der Waals surface area contributed by atoms with Crippen LogP contribution in [0.4, 0.5) is 0 Å². The molecule has 0 aliphatic heterocycles. The number of furan rings is 1. The third-order valence-electron chi connectivity index (χ3n) is 6.16. The summed E-state index contributed by atoms with van der Waals surface area (Å²) in [5.74, 6) is 0.241. The quantitative estimate of drug-likeness (QED) is 0.166. The molecule has 0 spiro atoms. The second-order valence-corrected chi connectivity index (χ2v) is 13.1. The van der Waals surface area contributed by atoms with Gasteiger partial charge >= 0.3 is 0 Å². The van der Waals surface area contributed by atoms with Crippen LogP contribution in [0.1, 0.15) is 97.5 Å². The summed E-state index contributed by atoms with van der Waals surface area (Å²) in [7, 11) is -1.46. The molecule has 0 N–H and O–H groups in total. The predicted molar refractivity (Wildman–Crippen MR) is 121 cm³/mol. The summed E-state index contributed by atoms with van der Waals surface area (Å²) in [6.45, 7) is 9.11. The zero-order valence-corrected chi connectivity index (χ0v) is 19.3. The van der Waals surface area contributed by atoms with Gasteiger partial charge in [-0.15, -0.1) is 0 Å². The van der Waals surface area contributed by atoms with Crippen molar-refractivity contribution in [3.8, 4) is 0 Å². The van der Waals surface area contributed by atoms with Crippen molar-refractivity contribution in [2.24, 2.45) is 0 Å². The Kier molecular flexibility index (Phi) is 12.4. The zero-order valence-electron chi connectivity index (χ0n) is 18.3. The molecule has 1 heterocycles. The molecule has 1 rings (SSSR count). The molecule has 0 amide bonds. The van der Waals surface area contributed by atoms with Gasteiger partial charge in [-0.25, -0.2) is 0 Å². The van der Waals surface area contributed by atoms with Crippen molar-refractivity contribution in [2.45, 2.75) is 110 Å². The van der Waals surface area contributed by atoms with Crippen molar-refractivity contribution in [1.82, 2.24) is 0 Å². The fourth-order valence-electron chi connectivity index (χ4n) is 3.87. The van der Waals surface area contributed by atoms with E-state index in [1.54, 1.807) is 6.08 Å². The minimum Gasteiger partial charge on any atom is -0.474 e. The first-order valence-electron chi connectivity index (χ1n) is 11.4. The van der Waals surface area contributed by atoms with Crippen LogP contribution in [0.15, 0.2) is 22.8 Å². The summed E-state index contributed by atoms with van der Waals surface area (Å²) in [5.41, 5.74) is 1.04. The topological polar surface area (TPSA) is 30.2 Å². The van der Waals surface area contributed by atoms with Crippen LogP contribution in [-0.2, 0) is 4.79 Å². The van der Waals surface area contributed by atoms with Crippen LogP contribution in [-0.4, -0.2) is 13.9 Å². The summed E-state index contributed by atoms with van der Waals surface area (Å²) in [6, 6.07) is 5.82. The molecule has 0 saturated carbocycles. The number of ketones is 1. The van der Waals surface area contributed by atoms with Gasteiger partial charge < -0.3 is 4.42 Å². The van der Waals surface area contributed by atoms with Gasteiger partial charge in [-0.1, -0.05) is 97.2 Å². The minimum atomic E-state index is -1.46. The van der Waals surface area contributed by atoms with Gasteiger partial charge in [0, 0.05) is 12.0 Å². The molecule has 0 aliphatic rings. The van der Waals surface area contributed by atoms with Crippen molar-refractivity contribution >= 4 is 25.3 Å². The Hall–Kier alpha value is -1.09. The summed E-state index contributed by atoms with van der Waals surface area (Å²) >= 11 is 0. The lowest BCUT2D eigenvalue weighted by Gasteiger charge is -2.24. The molecule has 1 aromatic heterocycles. The number of rotatable bonds is 16. The Balaban J connectivity index is 2.28. The predicted octanol–water partition coefficient (Wildman–Crippen LogP) is 7.50. The smallest absolute Gasteiger partial charge is 0.155 e. The average molecular weight is 391 g/mol. The van der Waals surface area contributed by atoms with Gasteiger partial charge in [0.25, 0.3) is 0 Å². The first-order valence-corrected chi connectivity index (χ1v) is 14.0. The highest BCUT2D eigenvalue weighted by Crippen LogP contribution is 2.21. The lowest BCUT2D eigenvalue weighted by atomic mass is 10.1. The molecule has 0 bridgehead atoms. The van der Waals surface area contributed by atoms with E-state index in [2.05, 4.69) is 33.8 Å². The molecule has 0 unspecified atom stereocenters. The van der Waals surface area contributed by atoms with E-state index < -0.39 is 8.07 Å². The van der Waals surface area contributed by atoms with Crippen LogP contribution in [0.3, 0.4) is 0 Å². The van der Waals surface area contributed by atoms with Crippen LogP contribution in [0.5, 0.6) is 0 Å². The number of allylic oxidation sites excluding steroid dienone is 1. The lowest BCUT2D eigenvalue weighted by Crippen LogP contribution is -2.44. The van der Waals surface area contributed by atoms with Gasteiger partial charge in [-0.05, 0) is 24.6 Å². The van der Waals surface area contributed by atoms with Crippen LogP contribution in [0, 0.1) is 0 Å². The molecule has 0 saturated heterocycles. The molecule has 2 nitrogen and oxygen atoms in total. The molecule has 154 valence electrons. The van der Waals surface area contributed by atoms with E-state index in [0.717, 1.165) is 12.0 Å².